The topological polar surface area (TPSA) is 111 Å². The Bertz CT molecular complexity index is 1220. The number of carbonyl (C=O) groups is 3. The largest absolute Gasteiger partial charge is 0.496 e. The molecule has 1 amide bonds. The van der Waals surface area contributed by atoms with Crippen molar-refractivity contribution in [3.05, 3.63) is 89.0 Å². The number of methoxy groups -OCH3 is 2. The summed E-state index contributed by atoms with van der Waals surface area (Å²) in [6.07, 6.45) is -0.691. The predicted molar refractivity (Wildman–Crippen MR) is 128 cm³/mol. The Hall–Kier alpha value is -4.33. The normalized spacial score (nSPS) is 12.7. The number of esters is 1. The minimum Gasteiger partial charge on any atom is -0.496 e. The first kappa shape index (κ1) is 23.8. The zero-order valence-electron chi connectivity index (χ0n) is 19.3. The number of rotatable bonds is 8. The number of fused-ring (bicyclic) bond motifs is 3. The van der Waals surface area contributed by atoms with Gasteiger partial charge in [-0.2, -0.15) is 0 Å². The minimum atomic E-state index is -1.13. The molecular formula is C27H25NO7. The fraction of sp³-hybridized carbons (Fsp3) is 0.222. The van der Waals surface area contributed by atoms with Crippen molar-refractivity contribution in [2.45, 2.75) is 18.4 Å². The van der Waals surface area contributed by atoms with Crippen LogP contribution >= 0.6 is 0 Å². The molecule has 180 valence electrons. The summed E-state index contributed by atoms with van der Waals surface area (Å²) < 4.78 is 15.5. The van der Waals surface area contributed by atoms with E-state index >= 15 is 0 Å². The van der Waals surface area contributed by atoms with E-state index in [0.717, 1.165) is 22.3 Å². The van der Waals surface area contributed by atoms with Gasteiger partial charge in [0.1, 0.15) is 24.0 Å². The first-order valence-corrected chi connectivity index (χ1v) is 11.0. The number of benzene rings is 3. The van der Waals surface area contributed by atoms with Crippen LogP contribution < -0.4 is 10.1 Å². The molecule has 4 rings (SSSR count). The third-order valence-corrected chi connectivity index (χ3v) is 6.06. The molecule has 8 nitrogen and oxygen atoms in total. The first-order valence-electron chi connectivity index (χ1n) is 11.0. The number of alkyl carbamates (subject to hydrolysis) is 1. The van der Waals surface area contributed by atoms with E-state index in [0.29, 0.717) is 5.56 Å². The number of ether oxygens (including phenoxy) is 3. The predicted octanol–water partition coefficient (Wildman–Crippen LogP) is 4.02. The Morgan fingerprint density at radius 2 is 1.57 bits per heavy atom. The van der Waals surface area contributed by atoms with E-state index in [2.05, 4.69) is 5.32 Å². The molecule has 3 aromatic carbocycles. The van der Waals surface area contributed by atoms with Crippen LogP contribution in [0.5, 0.6) is 5.75 Å². The zero-order chi connectivity index (χ0) is 24.9. The van der Waals surface area contributed by atoms with Crippen LogP contribution in [0.1, 0.15) is 33.0 Å². The SMILES string of the molecule is COC(=O)C(Cc1ccc(C(=O)O)c(OC)c1)NC(=O)OCC1c2ccccc2-c2ccccc21. The van der Waals surface area contributed by atoms with Gasteiger partial charge in [0, 0.05) is 12.3 Å². The van der Waals surface area contributed by atoms with Crippen LogP contribution in [0.2, 0.25) is 0 Å². The Balaban J connectivity index is 1.46. The van der Waals surface area contributed by atoms with Gasteiger partial charge in [0.05, 0.1) is 14.2 Å². The van der Waals surface area contributed by atoms with Gasteiger partial charge in [0.25, 0.3) is 0 Å². The lowest BCUT2D eigenvalue weighted by atomic mass is 9.98. The molecule has 0 saturated carbocycles. The number of nitrogens with one attached hydrogen (secondary N) is 1. The lowest BCUT2D eigenvalue weighted by Gasteiger charge is -2.19. The highest BCUT2D eigenvalue weighted by Gasteiger charge is 2.30. The number of carboxylic acid groups (broad SMARTS) is 1. The summed E-state index contributed by atoms with van der Waals surface area (Å²) in [7, 11) is 2.58. The molecule has 0 aromatic heterocycles. The molecular weight excluding hydrogens is 450 g/mol. The van der Waals surface area contributed by atoms with Crippen LogP contribution in [0.15, 0.2) is 66.7 Å². The summed E-state index contributed by atoms with van der Waals surface area (Å²) in [5.41, 5.74) is 4.97. The van der Waals surface area contributed by atoms with E-state index in [9.17, 15) is 19.5 Å². The van der Waals surface area contributed by atoms with Gasteiger partial charge >= 0.3 is 18.0 Å². The first-order chi connectivity index (χ1) is 16.9. The summed E-state index contributed by atoms with van der Waals surface area (Å²) >= 11 is 0. The molecule has 0 fully saturated rings. The molecule has 8 heteroatoms. The third-order valence-electron chi connectivity index (χ3n) is 6.06. The van der Waals surface area contributed by atoms with E-state index in [4.69, 9.17) is 14.2 Å². The molecule has 0 spiro atoms. The molecule has 0 heterocycles. The smallest absolute Gasteiger partial charge is 0.407 e. The van der Waals surface area contributed by atoms with Crippen LogP contribution in [0.4, 0.5) is 4.79 Å². The summed E-state index contributed by atoms with van der Waals surface area (Å²) in [5.74, 6) is -1.74. The molecule has 1 aliphatic rings. The van der Waals surface area contributed by atoms with Gasteiger partial charge < -0.3 is 24.6 Å². The van der Waals surface area contributed by atoms with E-state index in [-0.39, 0.29) is 30.3 Å². The van der Waals surface area contributed by atoms with Crippen LogP contribution in [-0.4, -0.2) is 50.0 Å². The van der Waals surface area contributed by atoms with Crippen molar-refractivity contribution in [2.24, 2.45) is 0 Å². The van der Waals surface area contributed by atoms with Crippen molar-refractivity contribution in [2.75, 3.05) is 20.8 Å². The summed E-state index contributed by atoms with van der Waals surface area (Å²) in [6.45, 7) is 0.106. The second-order valence-corrected chi connectivity index (χ2v) is 8.09. The lowest BCUT2D eigenvalue weighted by Crippen LogP contribution is -2.43. The second kappa shape index (κ2) is 10.3. The standard InChI is InChI=1S/C27H25NO7/c1-33-24-14-16(11-12-21(24)25(29)30)13-23(26(31)34-2)28-27(32)35-15-22-19-9-5-3-7-17(19)18-8-4-6-10-20(18)22/h3-12,14,22-23H,13,15H2,1-2H3,(H,28,32)(H,29,30). The molecule has 1 atom stereocenters. The van der Waals surface area contributed by atoms with Gasteiger partial charge in [0.15, 0.2) is 0 Å². The molecule has 3 aromatic rings. The van der Waals surface area contributed by atoms with Gasteiger partial charge in [0.2, 0.25) is 0 Å². The summed E-state index contributed by atoms with van der Waals surface area (Å²) in [5, 5.41) is 11.8. The van der Waals surface area contributed by atoms with Crippen molar-refractivity contribution in [1.29, 1.82) is 0 Å². The number of carbonyl (C=O) groups excluding carboxylic acids is 2. The number of aromatic carboxylic acids is 1. The van der Waals surface area contributed by atoms with Crippen LogP contribution in [-0.2, 0) is 20.7 Å². The van der Waals surface area contributed by atoms with E-state index in [1.54, 1.807) is 6.07 Å². The van der Waals surface area contributed by atoms with Gasteiger partial charge in [-0.3, -0.25) is 0 Å². The van der Waals surface area contributed by atoms with Gasteiger partial charge in [-0.15, -0.1) is 0 Å². The van der Waals surface area contributed by atoms with Gasteiger partial charge in [-0.25, -0.2) is 14.4 Å². The zero-order valence-corrected chi connectivity index (χ0v) is 19.3. The van der Waals surface area contributed by atoms with E-state index in [1.807, 2.05) is 48.5 Å². The fourth-order valence-corrected chi connectivity index (χ4v) is 4.39. The van der Waals surface area contributed by atoms with Crippen molar-refractivity contribution in [1.82, 2.24) is 5.32 Å². The average Bonchev–Trinajstić information content (AvgIpc) is 3.20. The molecule has 0 bridgehead atoms. The Kier molecular flexibility index (Phi) is 7.01. The maximum atomic E-state index is 12.7. The monoisotopic (exact) mass is 475 g/mol. The maximum absolute atomic E-state index is 12.7. The molecule has 2 N–H and O–H groups in total. The van der Waals surface area contributed by atoms with Gasteiger partial charge in [-0.05, 0) is 39.9 Å². The van der Waals surface area contributed by atoms with Crippen LogP contribution in [0.3, 0.4) is 0 Å². The van der Waals surface area contributed by atoms with Crippen molar-refractivity contribution >= 4 is 18.0 Å². The van der Waals surface area contributed by atoms with E-state index < -0.39 is 24.1 Å². The highest BCUT2D eigenvalue weighted by molar-refractivity contribution is 5.91. The minimum absolute atomic E-state index is 0.00429. The molecule has 1 unspecified atom stereocenters. The lowest BCUT2D eigenvalue weighted by molar-refractivity contribution is -0.143. The summed E-state index contributed by atoms with van der Waals surface area (Å²) in [4.78, 5) is 36.3. The fourth-order valence-electron chi connectivity index (χ4n) is 4.39. The highest BCUT2D eigenvalue weighted by Crippen LogP contribution is 2.44. The maximum Gasteiger partial charge on any atom is 0.407 e. The second-order valence-electron chi connectivity index (χ2n) is 8.09. The van der Waals surface area contributed by atoms with E-state index in [1.165, 1.54) is 26.4 Å². The molecule has 35 heavy (non-hydrogen) atoms. The Labute approximate surface area is 202 Å². The third kappa shape index (κ3) is 4.96. The number of amides is 1. The van der Waals surface area contributed by atoms with Crippen molar-refractivity contribution < 1.29 is 33.7 Å². The van der Waals surface area contributed by atoms with Crippen molar-refractivity contribution in [3.8, 4) is 16.9 Å². The molecule has 0 saturated heterocycles. The van der Waals surface area contributed by atoms with Crippen LogP contribution in [0, 0.1) is 0 Å². The number of hydrogen-bond acceptors (Lipinski definition) is 6. The molecule has 1 aliphatic carbocycles. The molecule has 0 aliphatic heterocycles. The quantitative estimate of drug-likeness (QED) is 0.474. The highest BCUT2D eigenvalue weighted by atomic mass is 16.6. The number of hydrogen-bond donors (Lipinski definition) is 2. The van der Waals surface area contributed by atoms with Crippen molar-refractivity contribution in [3.63, 3.8) is 0 Å². The Morgan fingerprint density at radius 1 is 0.943 bits per heavy atom. The summed E-state index contributed by atoms with van der Waals surface area (Å²) in [6, 6.07) is 19.4. The average molecular weight is 475 g/mol. The van der Waals surface area contributed by atoms with Gasteiger partial charge in [-0.1, -0.05) is 54.6 Å². The van der Waals surface area contributed by atoms with Crippen LogP contribution in [0.25, 0.3) is 11.1 Å². The molecule has 0 radical (unpaired) electrons. The number of carboxylic acids is 1. The Morgan fingerprint density at radius 3 is 2.14 bits per heavy atom.